The minimum absolute atomic E-state index is 0.672. The van der Waals surface area contributed by atoms with E-state index in [2.05, 4.69) is 15.3 Å². The van der Waals surface area contributed by atoms with Crippen molar-refractivity contribution in [3.63, 3.8) is 0 Å². The maximum atomic E-state index is 5.64. The van der Waals surface area contributed by atoms with E-state index in [1.165, 1.54) is 19.4 Å². The molecule has 0 saturated carbocycles. The smallest absolute Gasteiger partial charge is 0.235 e. The Hall–Kier alpha value is -1.16. The normalized spacial score (nSPS) is 20.7. The molecular formula is C12H19N3O. The van der Waals surface area contributed by atoms with E-state index < -0.39 is 0 Å². The van der Waals surface area contributed by atoms with Crippen LogP contribution in [-0.2, 0) is 0 Å². The fraction of sp³-hybridized carbons (Fsp3) is 0.667. The largest absolute Gasteiger partial charge is 0.476 e. The second-order valence-corrected chi connectivity index (χ2v) is 4.30. The van der Waals surface area contributed by atoms with Crippen molar-refractivity contribution >= 4 is 0 Å². The summed E-state index contributed by atoms with van der Waals surface area (Å²) in [6.45, 7) is 4.96. The second-order valence-electron chi connectivity index (χ2n) is 4.30. The molecule has 1 atom stereocenters. The van der Waals surface area contributed by atoms with E-state index in [1.807, 2.05) is 6.92 Å². The summed E-state index contributed by atoms with van der Waals surface area (Å²) in [5.41, 5.74) is 0.865. The maximum absolute atomic E-state index is 5.64. The third-order valence-electron chi connectivity index (χ3n) is 3.00. The number of ether oxygens (including phenoxy) is 1. The predicted molar refractivity (Wildman–Crippen MR) is 62.5 cm³/mol. The number of nitrogens with one attached hydrogen (secondary N) is 1. The van der Waals surface area contributed by atoms with E-state index in [0.717, 1.165) is 31.2 Å². The Kier molecular flexibility index (Phi) is 4.10. The molecule has 4 nitrogen and oxygen atoms in total. The molecule has 1 fully saturated rings. The first-order chi connectivity index (χ1) is 7.86. The topological polar surface area (TPSA) is 47.0 Å². The Morgan fingerprint density at radius 1 is 1.44 bits per heavy atom. The lowest BCUT2D eigenvalue weighted by Crippen LogP contribution is -2.30. The Morgan fingerprint density at radius 2 is 2.31 bits per heavy atom. The van der Waals surface area contributed by atoms with Gasteiger partial charge in [-0.15, -0.1) is 0 Å². The van der Waals surface area contributed by atoms with Gasteiger partial charge in [-0.3, -0.25) is 4.98 Å². The third kappa shape index (κ3) is 3.17. The molecule has 0 amide bonds. The summed E-state index contributed by atoms with van der Waals surface area (Å²) in [5.74, 6) is 1.43. The van der Waals surface area contributed by atoms with E-state index in [-0.39, 0.29) is 0 Å². The second kappa shape index (κ2) is 5.80. The maximum Gasteiger partial charge on any atom is 0.235 e. The monoisotopic (exact) mass is 221 g/mol. The quantitative estimate of drug-likeness (QED) is 0.838. The molecular weight excluding hydrogens is 202 g/mol. The van der Waals surface area contributed by atoms with Crippen LogP contribution in [0.4, 0.5) is 0 Å². The fourth-order valence-electron chi connectivity index (χ4n) is 2.03. The Bertz CT molecular complexity index is 324. The predicted octanol–water partition coefficient (Wildman–Crippen LogP) is 1.55. The van der Waals surface area contributed by atoms with E-state index in [1.54, 1.807) is 12.4 Å². The van der Waals surface area contributed by atoms with Crippen LogP contribution in [0.15, 0.2) is 12.4 Å². The molecule has 1 aliphatic heterocycles. The molecule has 1 N–H and O–H groups in total. The standard InChI is InChI=1S/C12H19N3O/c1-10-12(15-7-6-14-10)16-8-4-11-3-2-5-13-9-11/h6-7,11,13H,2-5,8-9H2,1H3/t11-/m0/s1. The molecule has 0 aliphatic carbocycles. The van der Waals surface area contributed by atoms with Gasteiger partial charge in [0.1, 0.15) is 0 Å². The van der Waals surface area contributed by atoms with Crippen molar-refractivity contribution in [2.45, 2.75) is 26.2 Å². The summed E-state index contributed by atoms with van der Waals surface area (Å²) in [6.07, 6.45) is 7.06. The van der Waals surface area contributed by atoms with Crippen LogP contribution in [0.2, 0.25) is 0 Å². The zero-order valence-electron chi connectivity index (χ0n) is 9.78. The highest BCUT2D eigenvalue weighted by Crippen LogP contribution is 2.15. The van der Waals surface area contributed by atoms with Gasteiger partial charge in [0, 0.05) is 12.4 Å². The number of aryl methyl sites for hydroxylation is 1. The summed E-state index contributed by atoms with van der Waals surface area (Å²) in [7, 11) is 0. The molecule has 0 radical (unpaired) electrons. The summed E-state index contributed by atoms with van der Waals surface area (Å²) < 4.78 is 5.64. The lowest BCUT2D eigenvalue weighted by molar-refractivity contribution is 0.245. The molecule has 1 aromatic rings. The molecule has 4 heteroatoms. The number of aromatic nitrogens is 2. The van der Waals surface area contributed by atoms with Crippen LogP contribution in [-0.4, -0.2) is 29.7 Å². The van der Waals surface area contributed by atoms with E-state index >= 15 is 0 Å². The van der Waals surface area contributed by atoms with Gasteiger partial charge in [-0.05, 0) is 45.2 Å². The van der Waals surface area contributed by atoms with Gasteiger partial charge in [0.25, 0.3) is 0 Å². The summed E-state index contributed by atoms with van der Waals surface area (Å²) in [6, 6.07) is 0. The summed E-state index contributed by atoms with van der Waals surface area (Å²) in [5, 5.41) is 3.41. The Morgan fingerprint density at radius 3 is 3.06 bits per heavy atom. The lowest BCUT2D eigenvalue weighted by atomic mass is 9.97. The molecule has 0 unspecified atom stereocenters. The van der Waals surface area contributed by atoms with Crippen molar-refractivity contribution in [1.29, 1.82) is 0 Å². The fourth-order valence-corrected chi connectivity index (χ4v) is 2.03. The molecule has 1 aliphatic rings. The van der Waals surface area contributed by atoms with Crippen LogP contribution in [0.25, 0.3) is 0 Å². The summed E-state index contributed by atoms with van der Waals surface area (Å²) >= 11 is 0. The average Bonchev–Trinajstić information content (AvgIpc) is 2.33. The van der Waals surface area contributed by atoms with Crippen LogP contribution in [0, 0.1) is 12.8 Å². The Balaban J connectivity index is 1.73. The molecule has 2 rings (SSSR count). The van der Waals surface area contributed by atoms with Gasteiger partial charge in [-0.2, -0.15) is 0 Å². The highest BCUT2D eigenvalue weighted by atomic mass is 16.5. The lowest BCUT2D eigenvalue weighted by Gasteiger charge is -2.22. The molecule has 0 spiro atoms. The molecule has 1 saturated heterocycles. The zero-order chi connectivity index (χ0) is 11.2. The first kappa shape index (κ1) is 11.3. The van der Waals surface area contributed by atoms with Gasteiger partial charge < -0.3 is 10.1 Å². The molecule has 88 valence electrons. The van der Waals surface area contributed by atoms with E-state index in [0.29, 0.717) is 5.88 Å². The van der Waals surface area contributed by atoms with Crippen LogP contribution in [0.5, 0.6) is 5.88 Å². The van der Waals surface area contributed by atoms with Gasteiger partial charge in [0.15, 0.2) is 0 Å². The zero-order valence-corrected chi connectivity index (χ0v) is 9.78. The SMILES string of the molecule is Cc1nccnc1OCC[C@@H]1CCCNC1. The molecule has 0 aromatic carbocycles. The van der Waals surface area contributed by atoms with Crippen molar-refractivity contribution in [3.8, 4) is 5.88 Å². The third-order valence-corrected chi connectivity index (χ3v) is 3.00. The van der Waals surface area contributed by atoms with Crippen molar-refractivity contribution in [1.82, 2.24) is 15.3 Å². The van der Waals surface area contributed by atoms with Gasteiger partial charge in [0.2, 0.25) is 5.88 Å². The number of hydrogen-bond acceptors (Lipinski definition) is 4. The van der Waals surface area contributed by atoms with E-state index in [4.69, 9.17) is 4.74 Å². The molecule has 1 aromatic heterocycles. The van der Waals surface area contributed by atoms with Crippen LogP contribution in [0.1, 0.15) is 25.0 Å². The number of rotatable bonds is 4. The number of hydrogen-bond donors (Lipinski definition) is 1. The first-order valence-corrected chi connectivity index (χ1v) is 5.97. The molecule has 2 heterocycles. The van der Waals surface area contributed by atoms with Gasteiger partial charge >= 0.3 is 0 Å². The van der Waals surface area contributed by atoms with Crippen molar-refractivity contribution < 1.29 is 4.74 Å². The van der Waals surface area contributed by atoms with E-state index in [9.17, 15) is 0 Å². The van der Waals surface area contributed by atoms with Crippen LogP contribution >= 0.6 is 0 Å². The minimum Gasteiger partial charge on any atom is -0.476 e. The Labute approximate surface area is 96.4 Å². The molecule has 0 bridgehead atoms. The van der Waals surface area contributed by atoms with Crippen molar-refractivity contribution in [2.75, 3.05) is 19.7 Å². The first-order valence-electron chi connectivity index (χ1n) is 5.97. The van der Waals surface area contributed by atoms with Gasteiger partial charge in [0.05, 0.1) is 12.3 Å². The highest BCUT2D eigenvalue weighted by Gasteiger charge is 2.13. The van der Waals surface area contributed by atoms with Crippen LogP contribution in [0.3, 0.4) is 0 Å². The van der Waals surface area contributed by atoms with Gasteiger partial charge in [-0.25, -0.2) is 4.98 Å². The number of nitrogens with zero attached hydrogens (tertiary/aromatic N) is 2. The summed E-state index contributed by atoms with van der Waals surface area (Å²) in [4.78, 5) is 8.31. The number of piperidine rings is 1. The highest BCUT2D eigenvalue weighted by molar-refractivity contribution is 5.14. The van der Waals surface area contributed by atoms with Crippen LogP contribution < -0.4 is 10.1 Å². The average molecular weight is 221 g/mol. The van der Waals surface area contributed by atoms with Crippen molar-refractivity contribution in [3.05, 3.63) is 18.1 Å². The minimum atomic E-state index is 0.672. The van der Waals surface area contributed by atoms with Gasteiger partial charge in [-0.1, -0.05) is 0 Å². The van der Waals surface area contributed by atoms with Crippen molar-refractivity contribution in [2.24, 2.45) is 5.92 Å². The molecule has 16 heavy (non-hydrogen) atoms.